The lowest BCUT2D eigenvalue weighted by Crippen LogP contribution is -2.31. The number of nitrogens with one attached hydrogen (secondary N) is 3. The van der Waals surface area contributed by atoms with Gasteiger partial charge in [-0.05, 0) is 20.8 Å². The van der Waals surface area contributed by atoms with Gasteiger partial charge in [0, 0.05) is 55.4 Å². The van der Waals surface area contributed by atoms with Crippen molar-refractivity contribution in [2.24, 2.45) is 15.0 Å². The topological polar surface area (TPSA) is 126 Å². The minimum atomic E-state index is 0.691. The van der Waals surface area contributed by atoms with Crippen molar-refractivity contribution in [3.63, 3.8) is 0 Å². The molecule has 3 aromatic heterocycles. The van der Waals surface area contributed by atoms with Crippen LogP contribution >= 0.6 is 0 Å². The van der Waals surface area contributed by atoms with Crippen LogP contribution in [0.25, 0.3) is 0 Å². The maximum Gasteiger partial charge on any atom is 0.101 e. The van der Waals surface area contributed by atoms with Gasteiger partial charge in [-0.15, -0.1) is 0 Å². The van der Waals surface area contributed by atoms with Crippen molar-refractivity contribution in [2.45, 2.75) is 20.8 Å². The Morgan fingerprint density at radius 1 is 0.645 bits per heavy atom. The highest BCUT2D eigenvalue weighted by atomic mass is 15.1. The molecule has 0 aliphatic carbocycles. The van der Waals surface area contributed by atoms with Crippen LogP contribution in [0.1, 0.15) is 34.2 Å². The average molecular weight is 423 g/mol. The SMILES string of the molecule is Cc1[nH]cnc1C=NCCN(CCN=Cc1nc[nH]c1C)CCN=Cc1nc[nH]c1C. The molecule has 0 aliphatic heterocycles. The molecule has 10 nitrogen and oxygen atoms in total. The monoisotopic (exact) mass is 422 g/mol. The normalized spacial score (nSPS) is 12.4. The molecule has 3 aromatic rings. The highest BCUT2D eigenvalue weighted by Gasteiger charge is 2.04. The van der Waals surface area contributed by atoms with Crippen molar-refractivity contribution in [3.8, 4) is 0 Å². The third-order valence-corrected chi connectivity index (χ3v) is 4.88. The molecule has 0 bridgehead atoms. The summed E-state index contributed by atoms with van der Waals surface area (Å²) in [5.74, 6) is 0. The highest BCUT2D eigenvalue weighted by Crippen LogP contribution is 1.99. The Morgan fingerprint density at radius 2 is 0.968 bits per heavy atom. The van der Waals surface area contributed by atoms with Gasteiger partial charge in [-0.25, -0.2) is 15.0 Å². The smallest absolute Gasteiger partial charge is 0.101 e. The Balaban J connectivity index is 1.49. The molecule has 0 saturated carbocycles. The first-order valence-corrected chi connectivity index (χ1v) is 10.3. The second-order valence-corrected chi connectivity index (χ2v) is 7.19. The molecule has 0 saturated heterocycles. The van der Waals surface area contributed by atoms with E-state index in [0.29, 0.717) is 19.6 Å². The van der Waals surface area contributed by atoms with Crippen LogP contribution in [0.15, 0.2) is 34.0 Å². The van der Waals surface area contributed by atoms with Gasteiger partial charge in [0.1, 0.15) is 17.1 Å². The first-order valence-electron chi connectivity index (χ1n) is 10.3. The van der Waals surface area contributed by atoms with E-state index < -0.39 is 0 Å². The lowest BCUT2D eigenvalue weighted by Gasteiger charge is -2.19. The largest absolute Gasteiger partial charge is 0.348 e. The van der Waals surface area contributed by atoms with Crippen molar-refractivity contribution in [1.29, 1.82) is 0 Å². The lowest BCUT2D eigenvalue weighted by atomic mass is 10.3. The molecular weight excluding hydrogens is 392 g/mol. The Morgan fingerprint density at radius 3 is 1.23 bits per heavy atom. The van der Waals surface area contributed by atoms with Crippen molar-refractivity contribution in [2.75, 3.05) is 39.3 Å². The molecule has 0 aromatic carbocycles. The average Bonchev–Trinajstić information content (AvgIpc) is 3.47. The second-order valence-electron chi connectivity index (χ2n) is 7.19. The van der Waals surface area contributed by atoms with Crippen LogP contribution in [0.5, 0.6) is 0 Å². The first-order chi connectivity index (χ1) is 15.1. The van der Waals surface area contributed by atoms with Gasteiger partial charge in [-0.1, -0.05) is 0 Å². The fourth-order valence-corrected chi connectivity index (χ4v) is 2.88. The van der Waals surface area contributed by atoms with Crippen molar-refractivity contribution >= 4 is 18.6 Å². The van der Waals surface area contributed by atoms with Crippen molar-refractivity contribution in [3.05, 3.63) is 53.1 Å². The van der Waals surface area contributed by atoms with E-state index in [0.717, 1.165) is 53.8 Å². The number of aromatic nitrogens is 6. The van der Waals surface area contributed by atoms with E-state index >= 15 is 0 Å². The Kier molecular flexibility index (Phi) is 8.41. The maximum atomic E-state index is 4.52. The van der Waals surface area contributed by atoms with Gasteiger partial charge in [-0.2, -0.15) is 0 Å². The lowest BCUT2D eigenvalue weighted by molar-refractivity contribution is 0.298. The van der Waals surface area contributed by atoms with Gasteiger partial charge in [0.15, 0.2) is 0 Å². The quantitative estimate of drug-likeness (QED) is 0.384. The fourth-order valence-electron chi connectivity index (χ4n) is 2.88. The molecule has 31 heavy (non-hydrogen) atoms. The predicted octanol–water partition coefficient (Wildman–Crippen LogP) is 1.74. The number of aromatic amines is 3. The minimum Gasteiger partial charge on any atom is -0.348 e. The van der Waals surface area contributed by atoms with E-state index in [2.05, 4.69) is 49.8 Å². The van der Waals surface area contributed by atoms with E-state index in [1.807, 2.05) is 39.4 Å². The van der Waals surface area contributed by atoms with Crippen LogP contribution in [0.4, 0.5) is 0 Å². The molecular formula is C21H30N10. The van der Waals surface area contributed by atoms with Crippen molar-refractivity contribution < 1.29 is 0 Å². The molecule has 164 valence electrons. The molecule has 3 N–H and O–H groups in total. The van der Waals surface area contributed by atoms with Crippen LogP contribution < -0.4 is 0 Å². The summed E-state index contributed by atoms with van der Waals surface area (Å²) in [4.78, 5) is 37.8. The number of hydrogen-bond donors (Lipinski definition) is 3. The molecule has 10 heteroatoms. The summed E-state index contributed by atoms with van der Waals surface area (Å²) in [6.45, 7) is 10.5. The zero-order valence-corrected chi connectivity index (χ0v) is 18.3. The molecule has 0 radical (unpaired) electrons. The zero-order chi connectivity index (χ0) is 21.9. The molecule has 3 heterocycles. The van der Waals surface area contributed by atoms with Crippen LogP contribution in [0, 0.1) is 20.8 Å². The number of imidazole rings is 3. The van der Waals surface area contributed by atoms with E-state index in [4.69, 9.17) is 0 Å². The van der Waals surface area contributed by atoms with Gasteiger partial charge in [0.2, 0.25) is 0 Å². The third-order valence-electron chi connectivity index (χ3n) is 4.88. The molecule has 0 aliphatic rings. The number of rotatable bonds is 12. The summed E-state index contributed by atoms with van der Waals surface area (Å²) in [5.41, 5.74) is 5.70. The summed E-state index contributed by atoms with van der Waals surface area (Å²) < 4.78 is 0. The zero-order valence-electron chi connectivity index (χ0n) is 18.3. The third kappa shape index (κ3) is 7.10. The van der Waals surface area contributed by atoms with Gasteiger partial charge in [0.25, 0.3) is 0 Å². The minimum absolute atomic E-state index is 0.691. The fraction of sp³-hybridized carbons (Fsp3) is 0.429. The summed E-state index contributed by atoms with van der Waals surface area (Å²) in [7, 11) is 0. The van der Waals surface area contributed by atoms with Crippen molar-refractivity contribution in [1.82, 2.24) is 34.8 Å². The van der Waals surface area contributed by atoms with Crippen LogP contribution in [-0.4, -0.2) is 92.7 Å². The molecule has 0 atom stereocenters. The Hall–Kier alpha value is -3.40. The number of hydrogen-bond acceptors (Lipinski definition) is 7. The highest BCUT2D eigenvalue weighted by molar-refractivity contribution is 5.79. The molecule has 0 amide bonds. The molecule has 0 unspecified atom stereocenters. The standard InChI is InChI=1S/C21H30N10/c1-16-19(28-13-25-16)10-22-4-7-31(8-5-23-11-20-17(2)26-14-29-20)9-6-24-12-21-18(3)27-15-30-21/h10-15H,4-9H2,1-3H3,(H,25,28)(H,26,29)(H,27,30). The van der Waals surface area contributed by atoms with E-state index in [1.165, 1.54) is 0 Å². The Bertz CT molecular complexity index is 878. The van der Waals surface area contributed by atoms with E-state index in [1.54, 1.807) is 19.0 Å². The number of aryl methyl sites for hydroxylation is 3. The van der Waals surface area contributed by atoms with Crippen LogP contribution in [-0.2, 0) is 0 Å². The van der Waals surface area contributed by atoms with Gasteiger partial charge >= 0.3 is 0 Å². The first kappa shape index (κ1) is 22.3. The number of H-pyrrole nitrogens is 3. The van der Waals surface area contributed by atoms with Gasteiger partial charge in [-0.3, -0.25) is 19.9 Å². The summed E-state index contributed by atoms with van der Waals surface area (Å²) in [6.07, 6.45) is 10.5. The number of nitrogens with zero attached hydrogens (tertiary/aromatic N) is 7. The van der Waals surface area contributed by atoms with Gasteiger partial charge < -0.3 is 15.0 Å². The summed E-state index contributed by atoms with van der Waals surface area (Å²) in [6, 6.07) is 0. The van der Waals surface area contributed by atoms with Crippen LogP contribution in [0.2, 0.25) is 0 Å². The second kappa shape index (κ2) is 11.7. The summed E-state index contributed by atoms with van der Waals surface area (Å²) in [5, 5.41) is 0. The van der Waals surface area contributed by atoms with Crippen LogP contribution in [0.3, 0.4) is 0 Å². The molecule has 0 spiro atoms. The number of aliphatic imine (C=N–C) groups is 3. The summed E-state index contributed by atoms with van der Waals surface area (Å²) >= 11 is 0. The van der Waals surface area contributed by atoms with Gasteiger partial charge in [0.05, 0.1) is 38.6 Å². The predicted molar refractivity (Wildman–Crippen MR) is 124 cm³/mol. The molecule has 3 rings (SSSR count). The Labute approximate surface area is 182 Å². The maximum absolute atomic E-state index is 4.52. The van der Waals surface area contributed by atoms with E-state index in [-0.39, 0.29) is 0 Å². The van der Waals surface area contributed by atoms with E-state index in [9.17, 15) is 0 Å². The molecule has 0 fully saturated rings.